The molecule has 3 rings (SSSR count). The van der Waals surface area contributed by atoms with Crippen molar-refractivity contribution in [3.63, 3.8) is 0 Å². The first-order valence-electron chi connectivity index (χ1n) is 8.55. The van der Waals surface area contributed by atoms with Gasteiger partial charge >= 0.3 is 0 Å². The van der Waals surface area contributed by atoms with Crippen molar-refractivity contribution in [1.82, 2.24) is 9.88 Å². The number of nitrogens with zero attached hydrogens (tertiary/aromatic N) is 1. The molecular formula is C19H20FN3O3S. The standard InChI is InChI=1S/C19H20FN3O3S/c1-3-23(4-2)19(24)18-17(15-7-5-6-8-16(15)21-18)22-27(25,26)14-11-9-13(20)10-12-14/h5-12,21-22H,3-4H2,1-2H3. The minimum atomic E-state index is -3.99. The molecule has 0 aliphatic carbocycles. The molecule has 0 saturated heterocycles. The van der Waals surface area contributed by atoms with Gasteiger partial charge in [-0.1, -0.05) is 18.2 Å². The summed E-state index contributed by atoms with van der Waals surface area (Å²) in [7, 11) is -3.99. The fourth-order valence-corrected chi connectivity index (χ4v) is 3.98. The summed E-state index contributed by atoms with van der Waals surface area (Å²) in [6, 6.07) is 11.6. The molecule has 6 nitrogen and oxygen atoms in total. The van der Waals surface area contributed by atoms with Crippen molar-refractivity contribution in [2.24, 2.45) is 0 Å². The third kappa shape index (κ3) is 3.66. The summed E-state index contributed by atoms with van der Waals surface area (Å²) in [5.41, 5.74) is 1.00. The summed E-state index contributed by atoms with van der Waals surface area (Å²) in [6.07, 6.45) is 0. The molecule has 0 radical (unpaired) electrons. The predicted molar refractivity (Wildman–Crippen MR) is 103 cm³/mol. The Labute approximate surface area is 157 Å². The number of H-pyrrole nitrogens is 1. The molecule has 3 aromatic rings. The van der Waals surface area contributed by atoms with E-state index in [1.165, 1.54) is 12.1 Å². The summed E-state index contributed by atoms with van der Waals surface area (Å²) in [5.74, 6) is -0.827. The van der Waals surface area contributed by atoms with E-state index >= 15 is 0 Å². The van der Waals surface area contributed by atoms with Crippen LogP contribution < -0.4 is 4.72 Å². The van der Waals surface area contributed by atoms with E-state index in [-0.39, 0.29) is 22.2 Å². The van der Waals surface area contributed by atoms with Crippen molar-refractivity contribution in [2.45, 2.75) is 18.7 Å². The van der Waals surface area contributed by atoms with E-state index in [1.807, 2.05) is 13.8 Å². The second kappa shape index (κ2) is 7.40. The van der Waals surface area contributed by atoms with Crippen molar-refractivity contribution >= 4 is 32.5 Å². The Balaban J connectivity index is 2.11. The molecule has 2 N–H and O–H groups in total. The maximum absolute atomic E-state index is 13.1. The highest BCUT2D eigenvalue weighted by Gasteiger charge is 2.25. The molecule has 0 atom stereocenters. The van der Waals surface area contributed by atoms with Crippen LogP contribution in [0.1, 0.15) is 24.3 Å². The number of carbonyl (C=O) groups is 1. The predicted octanol–water partition coefficient (Wildman–Crippen LogP) is 3.59. The third-order valence-electron chi connectivity index (χ3n) is 4.33. The number of fused-ring (bicyclic) bond motifs is 1. The molecule has 0 aliphatic rings. The molecule has 1 heterocycles. The van der Waals surface area contributed by atoms with Gasteiger partial charge in [0, 0.05) is 24.0 Å². The first kappa shape index (κ1) is 18.9. The van der Waals surface area contributed by atoms with Gasteiger partial charge in [-0.15, -0.1) is 0 Å². The molecule has 0 aliphatic heterocycles. The molecule has 142 valence electrons. The molecule has 0 spiro atoms. The van der Waals surface area contributed by atoms with Gasteiger partial charge in [0.25, 0.3) is 15.9 Å². The maximum Gasteiger partial charge on any atom is 0.272 e. The summed E-state index contributed by atoms with van der Waals surface area (Å²) in [6.45, 7) is 4.70. The lowest BCUT2D eigenvalue weighted by atomic mass is 10.2. The Bertz CT molecular complexity index is 1070. The van der Waals surface area contributed by atoms with Gasteiger partial charge in [-0.25, -0.2) is 12.8 Å². The van der Waals surface area contributed by atoms with Crippen LogP contribution in [0.2, 0.25) is 0 Å². The topological polar surface area (TPSA) is 82.3 Å². The molecule has 1 amide bonds. The highest BCUT2D eigenvalue weighted by molar-refractivity contribution is 7.92. The largest absolute Gasteiger partial charge is 0.349 e. The van der Waals surface area contributed by atoms with Gasteiger partial charge < -0.3 is 9.88 Å². The summed E-state index contributed by atoms with van der Waals surface area (Å²) < 4.78 is 41.2. The van der Waals surface area contributed by atoms with Crippen molar-refractivity contribution < 1.29 is 17.6 Å². The Kier molecular flexibility index (Phi) is 5.18. The number of rotatable bonds is 6. The van der Waals surface area contributed by atoms with E-state index in [9.17, 15) is 17.6 Å². The zero-order valence-corrected chi connectivity index (χ0v) is 15.8. The zero-order valence-electron chi connectivity index (χ0n) is 15.0. The Morgan fingerprint density at radius 3 is 2.33 bits per heavy atom. The number of benzene rings is 2. The minimum Gasteiger partial charge on any atom is -0.349 e. The van der Waals surface area contributed by atoms with Crippen LogP contribution >= 0.6 is 0 Å². The number of hydrogen-bond acceptors (Lipinski definition) is 3. The molecule has 2 aromatic carbocycles. The molecule has 0 bridgehead atoms. The van der Waals surface area contributed by atoms with E-state index < -0.39 is 15.8 Å². The summed E-state index contributed by atoms with van der Waals surface area (Å²) >= 11 is 0. The fraction of sp³-hybridized carbons (Fsp3) is 0.211. The lowest BCUT2D eigenvalue weighted by molar-refractivity contribution is 0.0769. The van der Waals surface area contributed by atoms with Gasteiger partial charge in [-0.3, -0.25) is 9.52 Å². The molecule has 8 heteroatoms. The lowest BCUT2D eigenvalue weighted by Crippen LogP contribution is -2.31. The summed E-state index contributed by atoms with van der Waals surface area (Å²) in [5, 5.41) is 0.582. The molecule has 27 heavy (non-hydrogen) atoms. The van der Waals surface area contributed by atoms with Crippen LogP contribution in [0.15, 0.2) is 53.4 Å². The smallest absolute Gasteiger partial charge is 0.272 e. The second-order valence-electron chi connectivity index (χ2n) is 5.96. The number of anilines is 1. The number of hydrogen-bond donors (Lipinski definition) is 2. The van der Waals surface area contributed by atoms with E-state index in [4.69, 9.17) is 0 Å². The van der Waals surface area contributed by atoms with Crippen LogP contribution in [-0.2, 0) is 10.0 Å². The highest BCUT2D eigenvalue weighted by atomic mass is 32.2. The number of para-hydroxylation sites is 1. The van der Waals surface area contributed by atoms with Crippen LogP contribution in [0.4, 0.5) is 10.1 Å². The quantitative estimate of drug-likeness (QED) is 0.676. The average molecular weight is 389 g/mol. The lowest BCUT2D eigenvalue weighted by Gasteiger charge is -2.19. The molecule has 1 aromatic heterocycles. The Hall–Kier alpha value is -2.87. The first-order chi connectivity index (χ1) is 12.9. The van der Waals surface area contributed by atoms with E-state index in [1.54, 1.807) is 29.2 Å². The van der Waals surface area contributed by atoms with Gasteiger partial charge in [0.2, 0.25) is 0 Å². The van der Waals surface area contributed by atoms with Gasteiger partial charge in [0.05, 0.1) is 10.6 Å². The first-order valence-corrected chi connectivity index (χ1v) is 10.0. The van der Waals surface area contributed by atoms with Crippen molar-refractivity contribution in [3.8, 4) is 0 Å². The number of nitrogens with one attached hydrogen (secondary N) is 2. The van der Waals surface area contributed by atoms with E-state index in [0.717, 1.165) is 12.1 Å². The monoisotopic (exact) mass is 389 g/mol. The van der Waals surface area contributed by atoms with Crippen LogP contribution in [0.3, 0.4) is 0 Å². The molecule has 0 unspecified atom stereocenters. The normalized spacial score (nSPS) is 11.5. The number of carbonyl (C=O) groups excluding carboxylic acids is 1. The number of aromatic nitrogens is 1. The number of sulfonamides is 1. The average Bonchev–Trinajstić information content (AvgIpc) is 3.01. The van der Waals surface area contributed by atoms with E-state index in [2.05, 4.69) is 9.71 Å². The van der Waals surface area contributed by atoms with Crippen LogP contribution in [-0.4, -0.2) is 37.3 Å². The van der Waals surface area contributed by atoms with Gasteiger partial charge in [-0.2, -0.15) is 0 Å². The fourth-order valence-electron chi connectivity index (χ4n) is 2.88. The minimum absolute atomic E-state index is 0.0876. The SMILES string of the molecule is CCN(CC)C(=O)c1[nH]c2ccccc2c1NS(=O)(=O)c1ccc(F)cc1. The number of aromatic amines is 1. The maximum atomic E-state index is 13.1. The Morgan fingerprint density at radius 2 is 1.70 bits per heavy atom. The van der Waals surface area contributed by atoms with Crippen LogP contribution in [0, 0.1) is 5.82 Å². The second-order valence-corrected chi connectivity index (χ2v) is 7.64. The van der Waals surface area contributed by atoms with Crippen molar-refractivity contribution in [1.29, 1.82) is 0 Å². The summed E-state index contributed by atoms with van der Waals surface area (Å²) in [4.78, 5) is 17.4. The van der Waals surface area contributed by atoms with Gasteiger partial charge in [0.15, 0.2) is 0 Å². The third-order valence-corrected chi connectivity index (χ3v) is 5.70. The van der Waals surface area contributed by atoms with Crippen LogP contribution in [0.5, 0.6) is 0 Å². The van der Waals surface area contributed by atoms with Gasteiger partial charge in [-0.05, 0) is 44.2 Å². The van der Waals surface area contributed by atoms with Gasteiger partial charge in [0.1, 0.15) is 11.5 Å². The molecular weight excluding hydrogens is 369 g/mol. The molecule has 0 saturated carbocycles. The number of amides is 1. The molecule has 0 fully saturated rings. The zero-order chi connectivity index (χ0) is 19.6. The van der Waals surface area contributed by atoms with E-state index in [0.29, 0.717) is 24.0 Å². The number of halogens is 1. The Morgan fingerprint density at radius 1 is 1.07 bits per heavy atom. The highest BCUT2D eigenvalue weighted by Crippen LogP contribution is 2.30. The van der Waals surface area contributed by atoms with Crippen LogP contribution in [0.25, 0.3) is 10.9 Å². The van der Waals surface area contributed by atoms with Crippen molar-refractivity contribution in [2.75, 3.05) is 17.8 Å². The van der Waals surface area contributed by atoms with Crippen molar-refractivity contribution in [3.05, 3.63) is 60.0 Å².